The quantitative estimate of drug-likeness (QED) is 0.692. The van der Waals surface area contributed by atoms with Gasteiger partial charge >= 0.3 is 0 Å². The van der Waals surface area contributed by atoms with E-state index >= 15 is 0 Å². The summed E-state index contributed by atoms with van der Waals surface area (Å²) >= 11 is 0. The van der Waals surface area contributed by atoms with E-state index in [-0.39, 0.29) is 6.61 Å². The van der Waals surface area contributed by atoms with Gasteiger partial charge in [0.05, 0.1) is 12.8 Å². The second-order valence-corrected chi connectivity index (χ2v) is 4.59. The summed E-state index contributed by atoms with van der Waals surface area (Å²) in [4.78, 5) is 10.5. The molecular weight excluding hydrogens is 232 g/mol. The van der Waals surface area contributed by atoms with Crippen molar-refractivity contribution < 1.29 is 9.53 Å². The fraction of sp³-hybridized carbons (Fsp3) is 0.667. The fourth-order valence-corrected chi connectivity index (χ4v) is 2.40. The molecule has 0 aromatic carbocycles. The first-order valence-corrected chi connectivity index (χ1v) is 6.28. The molecule has 0 saturated heterocycles. The van der Waals surface area contributed by atoms with Crippen LogP contribution in [0.25, 0.3) is 0 Å². The molecule has 2 rings (SSSR count). The number of rotatable bonds is 6. The lowest BCUT2D eigenvalue weighted by Gasteiger charge is -2.23. The molecule has 1 unspecified atom stereocenters. The SMILES string of the molecule is Cn1ncc2c1CCCC2NCCOCC(N)=O. The molecule has 1 aliphatic carbocycles. The van der Waals surface area contributed by atoms with Crippen molar-refractivity contribution in [2.75, 3.05) is 19.8 Å². The molecule has 0 radical (unpaired) electrons. The summed E-state index contributed by atoms with van der Waals surface area (Å²) in [5.41, 5.74) is 7.60. The maximum absolute atomic E-state index is 10.5. The molecule has 0 spiro atoms. The number of carbonyl (C=O) groups is 1. The number of ether oxygens (including phenoxy) is 1. The molecule has 1 aromatic heterocycles. The lowest BCUT2D eigenvalue weighted by Crippen LogP contribution is -2.29. The number of aromatic nitrogens is 2. The first-order valence-electron chi connectivity index (χ1n) is 6.28. The Hall–Kier alpha value is -1.40. The number of nitrogens with one attached hydrogen (secondary N) is 1. The summed E-state index contributed by atoms with van der Waals surface area (Å²) in [5.74, 6) is -0.429. The van der Waals surface area contributed by atoms with E-state index in [1.165, 1.54) is 17.7 Å². The minimum absolute atomic E-state index is 0.00944. The molecule has 1 atom stereocenters. The van der Waals surface area contributed by atoms with Gasteiger partial charge in [0.2, 0.25) is 5.91 Å². The number of hydrogen-bond acceptors (Lipinski definition) is 4. The molecule has 6 nitrogen and oxygen atoms in total. The molecule has 1 amide bonds. The van der Waals surface area contributed by atoms with E-state index in [1.54, 1.807) is 0 Å². The highest BCUT2D eigenvalue weighted by atomic mass is 16.5. The van der Waals surface area contributed by atoms with Crippen molar-refractivity contribution in [3.05, 3.63) is 17.5 Å². The highest BCUT2D eigenvalue weighted by molar-refractivity contribution is 5.74. The third-order valence-electron chi connectivity index (χ3n) is 3.26. The first-order chi connectivity index (χ1) is 8.68. The van der Waals surface area contributed by atoms with E-state index in [0.29, 0.717) is 19.2 Å². The van der Waals surface area contributed by atoms with Gasteiger partial charge in [-0.2, -0.15) is 5.10 Å². The Morgan fingerprint density at radius 1 is 1.72 bits per heavy atom. The minimum atomic E-state index is -0.429. The maximum atomic E-state index is 10.5. The van der Waals surface area contributed by atoms with Crippen molar-refractivity contribution in [3.8, 4) is 0 Å². The van der Waals surface area contributed by atoms with Crippen molar-refractivity contribution in [2.24, 2.45) is 12.8 Å². The highest BCUT2D eigenvalue weighted by Crippen LogP contribution is 2.28. The van der Waals surface area contributed by atoms with Crippen molar-refractivity contribution in [1.82, 2.24) is 15.1 Å². The Morgan fingerprint density at radius 2 is 2.56 bits per heavy atom. The Balaban J connectivity index is 1.79. The second-order valence-electron chi connectivity index (χ2n) is 4.59. The van der Waals surface area contributed by atoms with Crippen LogP contribution in [-0.2, 0) is 23.0 Å². The lowest BCUT2D eigenvalue weighted by molar-refractivity contribution is -0.122. The van der Waals surface area contributed by atoms with Gasteiger partial charge in [0.25, 0.3) is 0 Å². The number of hydrogen-bond donors (Lipinski definition) is 2. The number of nitrogens with two attached hydrogens (primary N) is 1. The zero-order valence-electron chi connectivity index (χ0n) is 10.7. The van der Waals surface area contributed by atoms with E-state index in [0.717, 1.165) is 12.8 Å². The lowest BCUT2D eigenvalue weighted by atomic mass is 9.93. The highest BCUT2D eigenvalue weighted by Gasteiger charge is 2.22. The van der Waals surface area contributed by atoms with E-state index in [9.17, 15) is 4.79 Å². The van der Waals surface area contributed by atoms with Crippen LogP contribution < -0.4 is 11.1 Å². The van der Waals surface area contributed by atoms with Gasteiger partial charge in [-0.05, 0) is 19.3 Å². The summed E-state index contributed by atoms with van der Waals surface area (Å²) in [6.45, 7) is 1.20. The van der Waals surface area contributed by atoms with E-state index < -0.39 is 5.91 Å². The van der Waals surface area contributed by atoms with Crippen molar-refractivity contribution in [3.63, 3.8) is 0 Å². The molecule has 6 heteroatoms. The van der Waals surface area contributed by atoms with E-state index in [4.69, 9.17) is 10.5 Å². The Kier molecular flexibility index (Phi) is 4.33. The van der Waals surface area contributed by atoms with Gasteiger partial charge in [0, 0.05) is 30.9 Å². The number of aryl methyl sites for hydroxylation is 1. The molecule has 100 valence electrons. The van der Waals surface area contributed by atoms with Gasteiger partial charge in [-0.3, -0.25) is 9.48 Å². The van der Waals surface area contributed by atoms with Gasteiger partial charge < -0.3 is 15.8 Å². The molecule has 3 N–H and O–H groups in total. The normalized spacial score (nSPS) is 18.6. The van der Waals surface area contributed by atoms with Crippen LogP contribution in [0.3, 0.4) is 0 Å². The van der Waals surface area contributed by atoms with Crippen LogP contribution in [0.5, 0.6) is 0 Å². The van der Waals surface area contributed by atoms with Gasteiger partial charge in [-0.15, -0.1) is 0 Å². The molecule has 0 bridgehead atoms. The van der Waals surface area contributed by atoms with Gasteiger partial charge in [-0.25, -0.2) is 0 Å². The van der Waals surface area contributed by atoms with Crippen LogP contribution in [0, 0.1) is 0 Å². The number of nitrogens with zero attached hydrogens (tertiary/aromatic N) is 2. The fourth-order valence-electron chi connectivity index (χ4n) is 2.40. The summed E-state index contributed by atoms with van der Waals surface area (Å²) in [5, 5.41) is 7.73. The van der Waals surface area contributed by atoms with Crippen LogP contribution in [0.4, 0.5) is 0 Å². The van der Waals surface area contributed by atoms with Crippen LogP contribution in [0.15, 0.2) is 6.20 Å². The molecular formula is C12H20N4O2. The third-order valence-corrected chi connectivity index (χ3v) is 3.26. The molecule has 1 aliphatic rings. The van der Waals surface area contributed by atoms with Crippen molar-refractivity contribution >= 4 is 5.91 Å². The van der Waals surface area contributed by atoms with Crippen LogP contribution >= 0.6 is 0 Å². The monoisotopic (exact) mass is 252 g/mol. The third kappa shape index (κ3) is 3.08. The zero-order chi connectivity index (χ0) is 13.0. The topological polar surface area (TPSA) is 82.2 Å². The molecule has 0 saturated carbocycles. The zero-order valence-corrected chi connectivity index (χ0v) is 10.7. The Labute approximate surface area is 106 Å². The average Bonchev–Trinajstić information content (AvgIpc) is 2.71. The van der Waals surface area contributed by atoms with Crippen molar-refractivity contribution in [1.29, 1.82) is 0 Å². The minimum Gasteiger partial charge on any atom is -0.370 e. The smallest absolute Gasteiger partial charge is 0.243 e. The number of primary amides is 1. The van der Waals surface area contributed by atoms with Gasteiger partial charge in [-0.1, -0.05) is 0 Å². The van der Waals surface area contributed by atoms with Gasteiger partial charge in [0.1, 0.15) is 6.61 Å². The summed E-state index contributed by atoms with van der Waals surface area (Å²) in [6.07, 6.45) is 5.33. The van der Waals surface area contributed by atoms with Crippen LogP contribution in [0.2, 0.25) is 0 Å². The summed E-state index contributed by atoms with van der Waals surface area (Å²) in [6, 6.07) is 0.347. The predicted octanol–water partition coefficient (Wildman–Crippen LogP) is -0.111. The first kappa shape index (κ1) is 13.0. The number of carbonyl (C=O) groups excluding carboxylic acids is 1. The van der Waals surface area contributed by atoms with E-state index in [2.05, 4.69) is 10.4 Å². The maximum Gasteiger partial charge on any atom is 0.243 e. The standard InChI is InChI=1S/C12H20N4O2/c1-16-11-4-2-3-10(9(11)7-15-16)14-5-6-18-8-12(13)17/h7,10,14H,2-6,8H2,1H3,(H2,13,17). The number of amides is 1. The van der Waals surface area contributed by atoms with Crippen molar-refractivity contribution in [2.45, 2.75) is 25.3 Å². The molecule has 0 fully saturated rings. The Morgan fingerprint density at radius 3 is 3.33 bits per heavy atom. The van der Waals surface area contributed by atoms with Crippen LogP contribution in [0.1, 0.15) is 30.1 Å². The second kappa shape index (κ2) is 5.97. The van der Waals surface area contributed by atoms with Crippen LogP contribution in [-0.4, -0.2) is 35.4 Å². The molecule has 0 aliphatic heterocycles. The average molecular weight is 252 g/mol. The summed E-state index contributed by atoms with van der Waals surface area (Å²) < 4.78 is 7.07. The Bertz CT molecular complexity index is 416. The summed E-state index contributed by atoms with van der Waals surface area (Å²) in [7, 11) is 1.98. The molecule has 18 heavy (non-hydrogen) atoms. The van der Waals surface area contributed by atoms with Gasteiger partial charge in [0.15, 0.2) is 0 Å². The molecule has 1 aromatic rings. The largest absolute Gasteiger partial charge is 0.370 e. The van der Waals surface area contributed by atoms with E-state index in [1.807, 2.05) is 17.9 Å². The predicted molar refractivity (Wildman–Crippen MR) is 66.9 cm³/mol. The number of fused-ring (bicyclic) bond motifs is 1. The molecule has 1 heterocycles.